The normalized spacial score (nSPS) is 12.3. The molecular formula is C23H27BrN6O5. The van der Waals surface area contributed by atoms with Gasteiger partial charge in [0.25, 0.3) is 0 Å². The molecule has 0 aliphatic rings. The number of hydrogen-bond donors (Lipinski definition) is 3. The molecule has 1 unspecified atom stereocenters. The Morgan fingerprint density at radius 2 is 1.97 bits per heavy atom. The molecule has 0 spiro atoms. The van der Waals surface area contributed by atoms with Crippen LogP contribution in [-0.2, 0) is 16.1 Å². The highest BCUT2D eigenvalue weighted by Gasteiger charge is 2.25. The van der Waals surface area contributed by atoms with Crippen molar-refractivity contribution in [1.29, 1.82) is 0 Å². The Labute approximate surface area is 210 Å². The number of ether oxygens (including phenoxy) is 1. The topological polar surface area (TPSA) is 152 Å². The highest BCUT2D eigenvalue weighted by Crippen LogP contribution is 2.27. The Bertz CT molecular complexity index is 1260. The molecule has 0 aliphatic carbocycles. The molecule has 35 heavy (non-hydrogen) atoms. The molecule has 0 saturated carbocycles. The van der Waals surface area contributed by atoms with E-state index in [0.717, 1.165) is 4.47 Å². The minimum absolute atomic E-state index is 0.0136. The SMILES string of the molecule is Cc1[nH]c(-c2nnn(CCC(NC(=O)OC(C)(C)C)C(=O)O)n2)c(C)c1C(=O)c1cccc(Br)c1. The largest absolute Gasteiger partial charge is 0.480 e. The summed E-state index contributed by atoms with van der Waals surface area (Å²) >= 11 is 3.39. The number of amides is 1. The van der Waals surface area contributed by atoms with Crippen molar-refractivity contribution < 1.29 is 24.2 Å². The van der Waals surface area contributed by atoms with Crippen LogP contribution in [-0.4, -0.2) is 59.8 Å². The van der Waals surface area contributed by atoms with Crippen LogP contribution in [0.15, 0.2) is 28.7 Å². The molecule has 11 nitrogen and oxygen atoms in total. The fourth-order valence-electron chi connectivity index (χ4n) is 3.48. The summed E-state index contributed by atoms with van der Waals surface area (Å²) in [5, 5.41) is 24.1. The second-order valence-electron chi connectivity index (χ2n) is 9.00. The molecule has 3 aromatic rings. The van der Waals surface area contributed by atoms with Crippen molar-refractivity contribution in [1.82, 2.24) is 30.5 Å². The number of hydrogen-bond acceptors (Lipinski definition) is 7. The minimum Gasteiger partial charge on any atom is -0.480 e. The van der Waals surface area contributed by atoms with Crippen molar-refractivity contribution in [2.75, 3.05) is 0 Å². The lowest BCUT2D eigenvalue weighted by Gasteiger charge is -2.21. The first-order chi connectivity index (χ1) is 16.4. The summed E-state index contributed by atoms with van der Waals surface area (Å²) in [5.74, 6) is -1.07. The van der Waals surface area contributed by atoms with Crippen molar-refractivity contribution in [3.63, 3.8) is 0 Å². The number of nitrogens with one attached hydrogen (secondary N) is 2. The molecule has 0 bridgehead atoms. The van der Waals surface area contributed by atoms with Crippen LogP contribution in [0.3, 0.4) is 0 Å². The van der Waals surface area contributed by atoms with Crippen LogP contribution in [0.1, 0.15) is 54.4 Å². The third kappa shape index (κ3) is 6.53. The van der Waals surface area contributed by atoms with Crippen LogP contribution in [0.5, 0.6) is 0 Å². The predicted octanol–water partition coefficient (Wildman–Crippen LogP) is 3.65. The van der Waals surface area contributed by atoms with Crippen molar-refractivity contribution in [2.45, 2.75) is 59.2 Å². The molecular weight excluding hydrogens is 520 g/mol. The van der Waals surface area contributed by atoms with E-state index in [-0.39, 0.29) is 24.6 Å². The number of benzene rings is 1. The lowest BCUT2D eigenvalue weighted by atomic mass is 9.99. The highest BCUT2D eigenvalue weighted by molar-refractivity contribution is 9.10. The molecule has 0 fully saturated rings. The van der Waals surface area contributed by atoms with Crippen LogP contribution < -0.4 is 5.32 Å². The average Bonchev–Trinajstić information content (AvgIpc) is 3.33. The molecule has 12 heteroatoms. The standard InChI is InChI=1S/C23H27BrN6O5/c1-12-17(19(31)14-7-6-8-15(24)11-14)13(2)25-18(12)20-27-29-30(28-20)10-9-16(21(32)33)26-22(34)35-23(3,4)5/h6-8,11,16,25H,9-10H2,1-5H3,(H,26,34)(H,32,33). The van der Waals surface area contributed by atoms with Gasteiger partial charge < -0.3 is 20.1 Å². The molecule has 1 amide bonds. The van der Waals surface area contributed by atoms with Gasteiger partial charge in [0, 0.05) is 21.3 Å². The third-order valence-corrected chi connectivity index (χ3v) is 5.53. The molecule has 1 aromatic carbocycles. The number of carboxylic acids is 1. The van der Waals surface area contributed by atoms with Gasteiger partial charge in [-0.05, 0) is 63.9 Å². The molecule has 3 rings (SSSR count). The number of aliphatic carboxylic acids is 1. The first-order valence-corrected chi connectivity index (χ1v) is 11.6. The number of halogens is 1. The van der Waals surface area contributed by atoms with Crippen LogP contribution >= 0.6 is 15.9 Å². The summed E-state index contributed by atoms with van der Waals surface area (Å²) in [6.45, 7) is 8.74. The van der Waals surface area contributed by atoms with E-state index in [1.807, 2.05) is 6.07 Å². The van der Waals surface area contributed by atoms with Gasteiger partial charge >= 0.3 is 12.1 Å². The molecule has 2 heterocycles. The third-order valence-electron chi connectivity index (χ3n) is 5.03. The van der Waals surface area contributed by atoms with Gasteiger partial charge in [0.05, 0.1) is 12.2 Å². The Balaban J connectivity index is 1.74. The quantitative estimate of drug-likeness (QED) is 0.362. The fourth-order valence-corrected chi connectivity index (χ4v) is 3.88. The van der Waals surface area contributed by atoms with Crippen LogP contribution in [0.25, 0.3) is 11.5 Å². The van der Waals surface area contributed by atoms with E-state index in [0.29, 0.717) is 28.1 Å². The Morgan fingerprint density at radius 1 is 1.26 bits per heavy atom. The number of ketones is 1. The van der Waals surface area contributed by atoms with E-state index >= 15 is 0 Å². The summed E-state index contributed by atoms with van der Waals surface area (Å²) in [6.07, 6.45) is -0.808. The first-order valence-electron chi connectivity index (χ1n) is 10.9. The summed E-state index contributed by atoms with van der Waals surface area (Å²) < 4.78 is 5.92. The lowest BCUT2D eigenvalue weighted by Crippen LogP contribution is -2.44. The van der Waals surface area contributed by atoms with E-state index in [1.54, 1.807) is 52.8 Å². The molecule has 1 atom stereocenters. The maximum Gasteiger partial charge on any atom is 0.408 e. The van der Waals surface area contributed by atoms with E-state index in [9.17, 15) is 19.5 Å². The summed E-state index contributed by atoms with van der Waals surface area (Å²) in [4.78, 5) is 41.0. The minimum atomic E-state index is -1.21. The van der Waals surface area contributed by atoms with Crippen molar-refractivity contribution >= 4 is 33.8 Å². The zero-order valence-corrected chi connectivity index (χ0v) is 21.6. The fraction of sp³-hybridized carbons (Fsp3) is 0.391. The number of carboxylic acid groups (broad SMARTS) is 1. The highest BCUT2D eigenvalue weighted by atomic mass is 79.9. The summed E-state index contributed by atoms with van der Waals surface area (Å²) in [5.41, 5.74) is 2.23. The first kappa shape index (κ1) is 26.1. The van der Waals surface area contributed by atoms with E-state index in [4.69, 9.17) is 4.74 Å². The number of alkyl carbamates (subject to hydrolysis) is 1. The van der Waals surface area contributed by atoms with Gasteiger partial charge in [0.2, 0.25) is 5.82 Å². The average molecular weight is 547 g/mol. The smallest absolute Gasteiger partial charge is 0.408 e. The predicted molar refractivity (Wildman–Crippen MR) is 130 cm³/mol. The molecule has 0 aliphatic heterocycles. The van der Waals surface area contributed by atoms with Crippen molar-refractivity contribution in [3.05, 3.63) is 51.1 Å². The number of aromatic amines is 1. The van der Waals surface area contributed by atoms with Gasteiger partial charge in [-0.2, -0.15) is 4.80 Å². The lowest BCUT2D eigenvalue weighted by molar-refractivity contribution is -0.139. The monoisotopic (exact) mass is 546 g/mol. The van der Waals surface area contributed by atoms with E-state index < -0.39 is 23.7 Å². The van der Waals surface area contributed by atoms with Crippen LogP contribution in [0.4, 0.5) is 4.79 Å². The zero-order valence-electron chi connectivity index (χ0n) is 20.0. The molecule has 2 aromatic heterocycles. The molecule has 3 N–H and O–H groups in total. The van der Waals surface area contributed by atoms with E-state index in [1.165, 1.54) is 4.80 Å². The van der Waals surface area contributed by atoms with Crippen molar-refractivity contribution in [3.8, 4) is 11.5 Å². The Hall–Kier alpha value is -3.54. The summed E-state index contributed by atoms with van der Waals surface area (Å²) in [7, 11) is 0. The van der Waals surface area contributed by atoms with Gasteiger partial charge in [-0.15, -0.1) is 10.2 Å². The molecule has 0 radical (unpaired) electrons. The number of rotatable bonds is 8. The van der Waals surface area contributed by atoms with Gasteiger partial charge in [-0.3, -0.25) is 4.79 Å². The molecule has 186 valence electrons. The van der Waals surface area contributed by atoms with E-state index in [2.05, 4.69) is 41.6 Å². The van der Waals surface area contributed by atoms with Gasteiger partial charge in [-0.1, -0.05) is 28.1 Å². The zero-order chi connectivity index (χ0) is 25.9. The van der Waals surface area contributed by atoms with Crippen LogP contribution in [0, 0.1) is 13.8 Å². The summed E-state index contributed by atoms with van der Waals surface area (Å²) in [6, 6.07) is 5.96. The molecule has 0 saturated heterocycles. The van der Waals surface area contributed by atoms with Crippen molar-refractivity contribution in [2.24, 2.45) is 0 Å². The Morgan fingerprint density at radius 3 is 2.60 bits per heavy atom. The maximum atomic E-state index is 13.1. The number of H-pyrrole nitrogens is 1. The number of aryl methyl sites for hydroxylation is 2. The van der Waals surface area contributed by atoms with Gasteiger partial charge in [0.1, 0.15) is 11.6 Å². The number of aromatic nitrogens is 5. The number of tetrazole rings is 1. The number of nitrogens with zero attached hydrogens (tertiary/aromatic N) is 4. The number of carbonyl (C=O) groups excluding carboxylic acids is 2. The maximum absolute atomic E-state index is 13.1. The number of carbonyl (C=O) groups is 3. The second kappa shape index (κ2) is 10.4. The Kier molecular flexibility index (Phi) is 7.73. The second-order valence-corrected chi connectivity index (χ2v) is 9.91. The van der Waals surface area contributed by atoms with Crippen LogP contribution in [0.2, 0.25) is 0 Å². The van der Waals surface area contributed by atoms with Gasteiger partial charge in [0.15, 0.2) is 5.78 Å². The van der Waals surface area contributed by atoms with Gasteiger partial charge in [-0.25, -0.2) is 9.59 Å².